The van der Waals surface area contributed by atoms with E-state index in [1.165, 1.54) is 6.92 Å². The molecule has 0 aromatic carbocycles. The summed E-state index contributed by atoms with van der Waals surface area (Å²) in [5.74, 6) is -0.0967. The summed E-state index contributed by atoms with van der Waals surface area (Å²) in [6.07, 6.45) is 2.16. The number of rotatable bonds is 0. The van der Waals surface area contributed by atoms with Gasteiger partial charge in [-0.05, 0) is 0 Å². The summed E-state index contributed by atoms with van der Waals surface area (Å²) in [4.78, 5) is 0. The van der Waals surface area contributed by atoms with Gasteiger partial charge in [0.15, 0.2) is 6.20 Å². The molecule has 0 spiro atoms. The molecule has 2 N–H and O–H groups in total. The Kier molecular flexibility index (Phi) is 1.33. The van der Waals surface area contributed by atoms with Gasteiger partial charge in [0.1, 0.15) is 0 Å². The summed E-state index contributed by atoms with van der Waals surface area (Å²) in [5.41, 5.74) is 5.44. The van der Waals surface area contributed by atoms with Crippen molar-refractivity contribution in [1.82, 2.24) is 0 Å². The first-order valence-electron chi connectivity index (χ1n) is 2.69. The lowest BCUT2D eigenvalue weighted by molar-refractivity contribution is -0.659. The Morgan fingerprint density at radius 2 is 1.90 bits per heavy atom. The highest BCUT2D eigenvalue weighted by molar-refractivity contribution is 5.11. The van der Waals surface area contributed by atoms with E-state index in [0.717, 1.165) is 12.4 Å². The van der Waals surface area contributed by atoms with Crippen molar-refractivity contribution in [2.45, 2.75) is 6.92 Å². The maximum atomic E-state index is 10.7. The molecule has 0 bridgehead atoms. The minimum Gasteiger partial charge on any atom is -0.710 e. The van der Waals surface area contributed by atoms with Gasteiger partial charge < -0.3 is 10.4 Å². The number of hydrogen-bond donors (Lipinski definition) is 1. The molecule has 0 atom stereocenters. The molecule has 5 nitrogen and oxygen atoms in total. The number of aryl methyl sites for hydroxylation is 1. The smallest absolute Gasteiger partial charge is 0.342 e. The summed E-state index contributed by atoms with van der Waals surface area (Å²) >= 11 is 0. The van der Waals surface area contributed by atoms with Crippen molar-refractivity contribution in [2.75, 3.05) is 5.73 Å². The van der Waals surface area contributed by atoms with Crippen LogP contribution in [-0.4, -0.2) is 0 Å². The zero-order valence-corrected chi connectivity index (χ0v) is 5.44. The molecule has 0 saturated carbocycles. The van der Waals surface area contributed by atoms with E-state index in [0.29, 0.717) is 15.2 Å². The first-order chi connectivity index (χ1) is 4.61. The highest BCUT2D eigenvalue weighted by Crippen LogP contribution is 1.87. The van der Waals surface area contributed by atoms with Crippen LogP contribution in [0.3, 0.4) is 0 Å². The van der Waals surface area contributed by atoms with Crippen LogP contribution < -0.4 is 15.2 Å². The van der Waals surface area contributed by atoms with Gasteiger partial charge in [-0.2, -0.15) is 4.73 Å². The zero-order chi connectivity index (χ0) is 7.72. The summed E-state index contributed by atoms with van der Waals surface area (Å²) in [5, 5.41) is 21.3. The number of nitrogen functional groups attached to an aromatic ring is 1. The monoisotopic (exact) mass is 141 g/mol. The van der Waals surface area contributed by atoms with Crippen molar-refractivity contribution < 1.29 is 9.46 Å². The molecule has 0 unspecified atom stereocenters. The first-order valence-corrected chi connectivity index (χ1v) is 2.69. The third kappa shape index (κ3) is 0.928. The number of nitrogens with zero attached hydrogens (tertiary/aromatic N) is 2. The van der Waals surface area contributed by atoms with E-state index in [-0.39, 0.29) is 5.82 Å². The van der Waals surface area contributed by atoms with Crippen LogP contribution in [0.15, 0.2) is 12.4 Å². The van der Waals surface area contributed by atoms with E-state index in [1.54, 1.807) is 0 Å². The lowest BCUT2D eigenvalue weighted by Crippen LogP contribution is -2.40. The molecule has 0 amide bonds. The van der Waals surface area contributed by atoms with E-state index in [2.05, 4.69) is 0 Å². The van der Waals surface area contributed by atoms with Gasteiger partial charge in [-0.15, -0.1) is 0 Å². The molecule has 0 radical (unpaired) electrons. The number of hydrogen-bond acceptors (Lipinski definition) is 3. The Morgan fingerprint density at radius 1 is 1.30 bits per heavy atom. The largest absolute Gasteiger partial charge is 0.710 e. The van der Waals surface area contributed by atoms with Gasteiger partial charge in [-0.3, -0.25) is 5.73 Å². The minimum absolute atomic E-state index is 0.0967. The Bertz CT molecular complexity index is 211. The molecule has 0 aliphatic rings. The Hall–Kier alpha value is -1.52. The third-order valence-corrected chi connectivity index (χ3v) is 1.16. The standard InChI is InChI=1S/C5H7N3O2/c1-4-2-8(10)5(6)3-7(4)9/h2-3H,6H2,1H3. The van der Waals surface area contributed by atoms with Crippen molar-refractivity contribution in [3.63, 3.8) is 0 Å². The van der Waals surface area contributed by atoms with Crippen LogP contribution in [-0.2, 0) is 0 Å². The quantitative estimate of drug-likeness (QED) is 0.365. The normalized spacial score (nSPS) is 9.70. The fourth-order valence-electron chi connectivity index (χ4n) is 0.580. The summed E-state index contributed by atoms with van der Waals surface area (Å²) in [7, 11) is 0. The molecule has 0 saturated heterocycles. The average Bonchev–Trinajstić information content (AvgIpc) is 1.84. The predicted molar refractivity (Wildman–Crippen MR) is 33.5 cm³/mol. The van der Waals surface area contributed by atoms with Crippen molar-refractivity contribution in [3.05, 3.63) is 28.5 Å². The second-order valence-corrected chi connectivity index (χ2v) is 1.98. The molecule has 1 aromatic rings. The van der Waals surface area contributed by atoms with Crippen LogP contribution in [0, 0.1) is 17.3 Å². The fraction of sp³-hybridized carbons (Fsp3) is 0.200. The summed E-state index contributed by atoms with van der Waals surface area (Å²) < 4.78 is 0.994. The van der Waals surface area contributed by atoms with Gasteiger partial charge in [0.25, 0.3) is 6.20 Å². The molecule has 1 rings (SSSR count). The van der Waals surface area contributed by atoms with Crippen LogP contribution >= 0.6 is 0 Å². The Morgan fingerprint density at radius 3 is 2.40 bits per heavy atom. The molecule has 0 aliphatic heterocycles. The highest BCUT2D eigenvalue weighted by Gasteiger charge is 2.05. The maximum absolute atomic E-state index is 10.7. The van der Waals surface area contributed by atoms with Crippen LogP contribution in [0.1, 0.15) is 5.69 Å². The van der Waals surface area contributed by atoms with Crippen molar-refractivity contribution in [1.29, 1.82) is 0 Å². The third-order valence-electron chi connectivity index (χ3n) is 1.16. The van der Waals surface area contributed by atoms with Crippen molar-refractivity contribution in [2.24, 2.45) is 0 Å². The molecule has 5 heteroatoms. The minimum atomic E-state index is -0.0967. The van der Waals surface area contributed by atoms with Gasteiger partial charge in [0.2, 0.25) is 5.69 Å². The summed E-state index contributed by atoms with van der Waals surface area (Å²) in [6.45, 7) is 1.53. The molecule has 0 aliphatic carbocycles. The molecule has 0 fully saturated rings. The van der Waals surface area contributed by atoms with Crippen LogP contribution in [0.4, 0.5) is 5.82 Å². The fourth-order valence-corrected chi connectivity index (χ4v) is 0.580. The first kappa shape index (κ1) is 6.60. The van der Waals surface area contributed by atoms with Crippen LogP contribution in [0.5, 0.6) is 0 Å². The second-order valence-electron chi connectivity index (χ2n) is 1.98. The molecular formula is C5H7N3O2. The lowest BCUT2D eigenvalue weighted by atomic mass is 10.5. The SMILES string of the molecule is Cc1c[n+]([O-])c(N)c[n+]1[O-]. The van der Waals surface area contributed by atoms with Crippen molar-refractivity contribution >= 4 is 5.82 Å². The molecule has 1 aromatic heterocycles. The molecular weight excluding hydrogens is 134 g/mol. The van der Waals surface area contributed by atoms with E-state index in [4.69, 9.17) is 5.73 Å². The molecule has 1 heterocycles. The predicted octanol–water partition coefficient (Wildman–Crippen LogP) is -1.16. The van der Waals surface area contributed by atoms with Gasteiger partial charge in [-0.1, -0.05) is 0 Å². The second kappa shape index (κ2) is 2.02. The van der Waals surface area contributed by atoms with Crippen molar-refractivity contribution in [3.8, 4) is 0 Å². The lowest BCUT2D eigenvalue weighted by Gasteiger charge is -2.04. The van der Waals surface area contributed by atoms with E-state index >= 15 is 0 Å². The Labute approximate surface area is 57.5 Å². The summed E-state index contributed by atoms with van der Waals surface area (Å²) in [6, 6.07) is 0. The topological polar surface area (TPSA) is 79.9 Å². The average molecular weight is 141 g/mol. The number of nitrogens with two attached hydrogens (primary N) is 1. The van der Waals surface area contributed by atoms with Gasteiger partial charge in [0, 0.05) is 6.92 Å². The van der Waals surface area contributed by atoms with Crippen LogP contribution in [0.25, 0.3) is 0 Å². The van der Waals surface area contributed by atoms with Gasteiger partial charge in [0.05, 0.1) is 0 Å². The van der Waals surface area contributed by atoms with E-state index < -0.39 is 0 Å². The van der Waals surface area contributed by atoms with E-state index in [1.807, 2.05) is 0 Å². The Balaban J connectivity index is 3.28. The van der Waals surface area contributed by atoms with E-state index in [9.17, 15) is 10.4 Å². The maximum Gasteiger partial charge on any atom is 0.342 e. The van der Waals surface area contributed by atoms with Gasteiger partial charge >= 0.3 is 5.82 Å². The molecule has 54 valence electrons. The van der Waals surface area contributed by atoms with Crippen LogP contribution in [0.2, 0.25) is 0 Å². The number of aromatic nitrogens is 2. The highest BCUT2D eigenvalue weighted by atomic mass is 16.5. The van der Waals surface area contributed by atoms with Gasteiger partial charge in [-0.25, -0.2) is 4.73 Å². The zero-order valence-electron chi connectivity index (χ0n) is 5.44. The number of anilines is 1. The molecule has 10 heavy (non-hydrogen) atoms.